The molecule has 4 heterocycles. The Bertz CT molecular complexity index is 1040. The number of fused-ring (bicyclic) bond motifs is 1. The van der Waals surface area contributed by atoms with E-state index in [2.05, 4.69) is 22.2 Å². The third kappa shape index (κ3) is 2.91. The van der Waals surface area contributed by atoms with Gasteiger partial charge in [-0.3, -0.25) is 0 Å². The first-order valence-corrected chi connectivity index (χ1v) is 9.72. The first-order valence-electron chi connectivity index (χ1n) is 8.91. The molecule has 0 spiro atoms. The van der Waals surface area contributed by atoms with E-state index in [-0.39, 0.29) is 11.9 Å². The molecule has 1 saturated heterocycles. The van der Waals surface area contributed by atoms with Crippen molar-refractivity contribution in [3.05, 3.63) is 59.2 Å². The smallest absolute Gasteiger partial charge is 0.235 e. The zero-order chi connectivity index (χ0) is 18.2. The average Bonchev–Trinajstić information content (AvgIpc) is 3.43. The Hall–Kier alpha value is -2.68. The van der Waals surface area contributed by atoms with E-state index in [9.17, 15) is 5.11 Å². The number of ether oxygens (including phenoxy) is 1. The van der Waals surface area contributed by atoms with Gasteiger partial charge in [0.2, 0.25) is 16.7 Å². The van der Waals surface area contributed by atoms with Gasteiger partial charge in [-0.25, -0.2) is 0 Å². The molecule has 2 N–H and O–H groups in total. The van der Waals surface area contributed by atoms with E-state index >= 15 is 0 Å². The summed E-state index contributed by atoms with van der Waals surface area (Å²) in [6, 6.07) is 13.9. The number of nitrogens with zero attached hydrogens (tertiary/aromatic N) is 3. The lowest BCUT2D eigenvalue weighted by molar-refractivity contribution is -0.932. The van der Waals surface area contributed by atoms with E-state index in [1.54, 1.807) is 12.3 Å². The summed E-state index contributed by atoms with van der Waals surface area (Å²) < 4.78 is 12.4. The van der Waals surface area contributed by atoms with Crippen molar-refractivity contribution in [2.45, 2.75) is 6.04 Å². The number of morpholine rings is 1. The van der Waals surface area contributed by atoms with Crippen molar-refractivity contribution in [3.8, 4) is 17.5 Å². The Morgan fingerprint density at radius 2 is 1.93 bits per heavy atom. The van der Waals surface area contributed by atoms with Gasteiger partial charge in [-0.1, -0.05) is 41.7 Å². The normalized spacial score (nSPS) is 16.7. The number of thiazole rings is 1. The SMILES string of the molecule is Oc1c([C@@H](c2ccccc2)[NH+]2CCOCC2)sc2nc(-c3ccco3)nn12. The van der Waals surface area contributed by atoms with E-state index in [1.807, 2.05) is 24.3 Å². The number of quaternary nitrogens is 1. The topological polar surface area (TPSA) is 77.2 Å². The summed E-state index contributed by atoms with van der Waals surface area (Å²) in [6.07, 6.45) is 1.59. The minimum atomic E-state index is 0.0238. The summed E-state index contributed by atoms with van der Waals surface area (Å²) in [4.78, 5) is 7.44. The molecule has 0 bridgehead atoms. The van der Waals surface area contributed by atoms with Gasteiger partial charge in [-0.15, -0.1) is 5.10 Å². The highest BCUT2D eigenvalue weighted by Gasteiger charge is 2.34. The van der Waals surface area contributed by atoms with Crippen LogP contribution in [0.1, 0.15) is 16.5 Å². The minimum absolute atomic E-state index is 0.0238. The van der Waals surface area contributed by atoms with Gasteiger partial charge in [0.1, 0.15) is 18.0 Å². The van der Waals surface area contributed by atoms with Gasteiger partial charge in [0.25, 0.3) is 0 Å². The van der Waals surface area contributed by atoms with E-state index < -0.39 is 0 Å². The Kier molecular flexibility index (Phi) is 4.16. The van der Waals surface area contributed by atoms with Crippen LogP contribution in [0.2, 0.25) is 0 Å². The molecule has 3 aromatic heterocycles. The van der Waals surface area contributed by atoms with Gasteiger partial charge in [0.05, 0.1) is 19.5 Å². The third-order valence-corrected chi connectivity index (χ3v) is 5.96. The van der Waals surface area contributed by atoms with Crippen LogP contribution in [0.15, 0.2) is 53.1 Å². The fourth-order valence-corrected chi connectivity index (χ4v) is 4.73. The van der Waals surface area contributed by atoms with E-state index in [1.165, 1.54) is 26.3 Å². The number of aromatic nitrogens is 3. The van der Waals surface area contributed by atoms with Crippen LogP contribution in [0.25, 0.3) is 16.5 Å². The lowest BCUT2D eigenvalue weighted by Gasteiger charge is -2.31. The number of rotatable bonds is 4. The van der Waals surface area contributed by atoms with Gasteiger partial charge in [0, 0.05) is 5.56 Å². The molecule has 0 radical (unpaired) electrons. The molecule has 4 aromatic rings. The monoisotopic (exact) mass is 383 g/mol. The van der Waals surface area contributed by atoms with Crippen LogP contribution in [0.4, 0.5) is 0 Å². The molecule has 8 heteroatoms. The number of aromatic hydroxyl groups is 1. The largest absolute Gasteiger partial charge is 0.492 e. The lowest BCUT2D eigenvalue weighted by atomic mass is 10.0. The van der Waals surface area contributed by atoms with Crippen molar-refractivity contribution in [2.24, 2.45) is 0 Å². The molecular formula is C19H19N4O3S+. The first kappa shape index (κ1) is 16.5. The van der Waals surface area contributed by atoms with Crippen molar-refractivity contribution >= 4 is 16.3 Å². The molecule has 5 rings (SSSR count). The summed E-state index contributed by atoms with van der Waals surface area (Å²) in [5, 5.41) is 15.4. The van der Waals surface area contributed by atoms with Crippen LogP contribution < -0.4 is 4.90 Å². The summed E-state index contributed by atoms with van der Waals surface area (Å²) in [7, 11) is 0. The number of nitrogens with one attached hydrogen (secondary N) is 1. The molecule has 0 amide bonds. The van der Waals surface area contributed by atoms with Crippen molar-refractivity contribution in [1.29, 1.82) is 0 Å². The number of hydrogen-bond acceptors (Lipinski definition) is 6. The highest BCUT2D eigenvalue weighted by atomic mass is 32.1. The van der Waals surface area contributed by atoms with Gasteiger partial charge in [-0.2, -0.15) is 9.50 Å². The fourth-order valence-electron chi connectivity index (χ4n) is 3.59. The second-order valence-corrected chi connectivity index (χ2v) is 7.52. The molecular weight excluding hydrogens is 364 g/mol. The van der Waals surface area contributed by atoms with E-state index in [4.69, 9.17) is 9.15 Å². The number of hydrogen-bond donors (Lipinski definition) is 2. The summed E-state index contributed by atoms with van der Waals surface area (Å²) in [6.45, 7) is 3.24. The Labute approximate surface area is 159 Å². The maximum Gasteiger partial charge on any atom is 0.235 e. The van der Waals surface area contributed by atoms with E-state index in [0.717, 1.165) is 31.2 Å². The Morgan fingerprint density at radius 3 is 2.63 bits per heavy atom. The molecule has 0 saturated carbocycles. The van der Waals surface area contributed by atoms with E-state index in [0.29, 0.717) is 16.5 Å². The standard InChI is InChI=1S/C19H18N4O3S/c24-18-16(27-19-20-17(21-23(18)19)14-7-4-10-26-14)15(13-5-2-1-3-6-13)22-8-11-25-12-9-22/h1-7,10,15,24H,8-9,11-12H2/p+1/t15-/m1/s1. The lowest BCUT2D eigenvalue weighted by Crippen LogP contribution is -3.14. The molecule has 0 aliphatic carbocycles. The summed E-state index contributed by atoms with van der Waals surface area (Å²) >= 11 is 1.47. The maximum absolute atomic E-state index is 11.0. The maximum atomic E-state index is 11.0. The van der Waals surface area contributed by atoms with Crippen molar-refractivity contribution < 1.29 is 19.2 Å². The van der Waals surface area contributed by atoms with Crippen LogP contribution in [0, 0.1) is 0 Å². The van der Waals surface area contributed by atoms with Crippen LogP contribution in [-0.2, 0) is 4.74 Å². The fraction of sp³-hybridized carbons (Fsp3) is 0.263. The molecule has 7 nitrogen and oxygen atoms in total. The molecule has 1 aliphatic heterocycles. The van der Waals surface area contributed by atoms with Gasteiger partial charge in [-0.05, 0) is 12.1 Å². The number of furan rings is 1. The Morgan fingerprint density at radius 1 is 1.11 bits per heavy atom. The van der Waals surface area contributed by atoms with Gasteiger partial charge >= 0.3 is 0 Å². The second-order valence-electron chi connectivity index (χ2n) is 6.51. The quantitative estimate of drug-likeness (QED) is 0.562. The average molecular weight is 383 g/mol. The molecule has 0 unspecified atom stereocenters. The Balaban J connectivity index is 1.59. The highest BCUT2D eigenvalue weighted by molar-refractivity contribution is 7.17. The zero-order valence-electron chi connectivity index (χ0n) is 14.5. The van der Waals surface area contributed by atoms with Crippen LogP contribution in [0.3, 0.4) is 0 Å². The number of benzene rings is 1. The predicted molar refractivity (Wildman–Crippen MR) is 100 cm³/mol. The van der Waals surface area contributed by atoms with Gasteiger partial charge < -0.3 is 19.2 Å². The van der Waals surface area contributed by atoms with Crippen molar-refractivity contribution in [2.75, 3.05) is 26.3 Å². The predicted octanol–water partition coefficient (Wildman–Crippen LogP) is 1.76. The highest BCUT2D eigenvalue weighted by Crippen LogP contribution is 2.36. The van der Waals surface area contributed by atoms with Crippen LogP contribution >= 0.6 is 11.3 Å². The molecule has 1 atom stereocenters. The van der Waals surface area contributed by atoms with Crippen molar-refractivity contribution in [3.63, 3.8) is 0 Å². The molecule has 1 aromatic carbocycles. The van der Waals surface area contributed by atoms with Gasteiger partial charge in [0.15, 0.2) is 11.8 Å². The molecule has 1 aliphatic rings. The summed E-state index contributed by atoms with van der Waals surface area (Å²) in [5.41, 5.74) is 1.17. The molecule has 1 fully saturated rings. The minimum Gasteiger partial charge on any atom is -0.492 e. The third-order valence-electron chi connectivity index (χ3n) is 4.88. The molecule has 138 valence electrons. The van der Waals surface area contributed by atoms with Crippen LogP contribution in [0.5, 0.6) is 5.88 Å². The first-order chi connectivity index (χ1) is 13.3. The zero-order valence-corrected chi connectivity index (χ0v) is 15.4. The van der Waals surface area contributed by atoms with Crippen LogP contribution in [-0.4, -0.2) is 46.0 Å². The second kappa shape index (κ2) is 6.80. The summed E-state index contributed by atoms with van der Waals surface area (Å²) in [5.74, 6) is 1.21. The van der Waals surface area contributed by atoms with Crippen molar-refractivity contribution in [1.82, 2.24) is 14.6 Å². The molecule has 27 heavy (non-hydrogen) atoms.